The summed E-state index contributed by atoms with van der Waals surface area (Å²) in [5, 5.41) is 7.78. The zero-order valence-electron chi connectivity index (χ0n) is 19.1. The standard InChI is InChI=1S/C26H29N5O2S/c32-23-19-8-4-5-9-20(19)28-26(29-23)31-14-12-30(13-15-31)25(33)18-10-11-21-22(16-18)34-24(27-21)17-6-2-1-3-7-17/h1-3,6-7,10-11,16,19-20,26,28H,4-5,8-9,12-15H2,(H,29,32). The molecule has 7 nitrogen and oxygen atoms in total. The Bertz CT molecular complexity index is 1200. The Morgan fingerprint density at radius 1 is 1.00 bits per heavy atom. The highest BCUT2D eigenvalue weighted by Gasteiger charge is 2.40. The number of hydrogen-bond acceptors (Lipinski definition) is 6. The minimum atomic E-state index is -0.131. The third-order valence-electron chi connectivity index (χ3n) is 7.38. The van der Waals surface area contributed by atoms with Crippen LogP contribution in [-0.4, -0.2) is 65.1 Å². The number of carbonyl (C=O) groups excluding carboxylic acids is 2. The number of amides is 2. The van der Waals surface area contributed by atoms with Gasteiger partial charge in [-0.3, -0.25) is 19.8 Å². The highest BCUT2D eigenvalue weighted by atomic mass is 32.1. The summed E-state index contributed by atoms with van der Waals surface area (Å²) >= 11 is 1.62. The van der Waals surface area contributed by atoms with Crippen molar-refractivity contribution in [2.24, 2.45) is 5.92 Å². The van der Waals surface area contributed by atoms with Gasteiger partial charge < -0.3 is 10.2 Å². The molecule has 2 amide bonds. The molecule has 1 aromatic heterocycles. The normalized spacial score (nSPS) is 25.7. The lowest BCUT2D eigenvalue weighted by molar-refractivity contribution is -0.134. The van der Waals surface area contributed by atoms with Crippen LogP contribution in [0.5, 0.6) is 0 Å². The lowest BCUT2D eigenvalue weighted by atomic mass is 9.82. The van der Waals surface area contributed by atoms with E-state index in [4.69, 9.17) is 4.98 Å². The van der Waals surface area contributed by atoms with E-state index in [-0.39, 0.29) is 30.1 Å². The minimum Gasteiger partial charge on any atom is -0.336 e. The lowest BCUT2D eigenvalue weighted by Gasteiger charge is -2.46. The molecule has 34 heavy (non-hydrogen) atoms. The summed E-state index contributed by atoms with van der Waals surface area (Å²) in [6.45, 7) is 2.78. The first-order valence-corrected chi connectivity index (χ1v) is 13.0. The molecular formula is C26H29N5O2S. The summed E-state index contributed by atoms with van der Waals surface area (Å²) in [7, 11) is 0. The van der Waals surface area contributed by atoms with Gasteiger partial charge in [0.05, 0.1) is 16.1 Å². The van der Waals surface area contributed by atoms with Gasteiger partial charge in [0.2, 0.25) is 5.91 Å². The van der Waals surface area contributed by atoms with Gasteiger partial charge in [0.15, 0.2) is 0 Å². The van der Waals surface area contributed by atoms with Crippen LogP contribution in [0, 0.1) is 5.92 Å². The van der Waals surface area contributed by atoms with Gasteiger partial charge in [-0.2, -0.15) is 0 Å². The molecule has 2 aromatic carbocycles. The molecule has 3 aromatic rings. The van der Waals surface area contributed by atoms with Crippen LogP contribution in [0.25, 0.3) is 20.8 Å². The highest BCUT2D eigenvalue weighted by molar-refractivity contribution is 7.21. The maximum absolute atomic E-state index is 13.2. The number of nitrogens with one attached hydrogen (secondary N) is 2. The molecule has 0 radical (unpaired) electrons. The van der Waals surface area contributed by atoms with E-state index >= 15 is 0 Å². The summed E-state index contributed by atoms with van der Waals surface area (Å²) in [4.78, 5) is 34.8. The Labute approximate surface area is 203 Å². The second kappa shape index (κ2) is 9.09. The molecule has 3 fully saturated rings. The van der Waals surface area contributed by atoms with E-state index in [0.29, 0.717) is 18.7 Å². The Hall–Kier alpha value is -2.81. The van der Waals surface area contributed by atoms with Crippen LogP contribution in [0.3, 0.4) is 0 Å². The Morgan fingerprint density at radius 3 is 2.62 bits per heavy atom. The molecule has 3 heterocycles. The number of fused-ring (bicyclic) bond motifs is 2. The van der Waals surface area contributed by atoms with Gasteiger partial charge in [-0.25, -0.2) is 4.98 Å². The van der Waals surface area contributed by atoms with Gasteiger partial charge in [-0.05, 0) is 31.0 Å². The van der Waals surface area contributed by atoms with E-state index in [0.717, 1.165) is 53.1 Å². The zero-order valence-corrected chi connectivity index (χ0v) is 19.9. The average Bonchev–Trinajstić information content (AvgIpc) is 3.32. The van der Waals surface area contributed by atoms with E-state index in [9.17, 15) is 9.59 Å². The molecule has 1 aliphatic carbocycles. The number of thiazole rings is 1. The fourth-order valence-corrected chi connectivity index (χ4v) is 6.47. The molecular weight excluding hydrogens is 446 g/mol. The third kappa shape index (κ3) is 4.10. The van der Waals surface area contributed by atoms with Crippen LogP contribution in [0.1, 0.15) is 36.0 Å². The van der Waals surface area contributed by atoms with E-state index in [1.807, 2.05) is 41.3 Å². The van der Waals surface area contributed by atoms with E-state index in [1.165, 1.54) is 6.42 Å². The fourth-order valence-electron chi connectivity index (χ4n) is 5.45. The quantitative estimate of drug-likeness (QED) is 0.608. The smallest absolute Gasteiger partial charge is 0.253 e. The summed E-state index contributed by atoms with van der Waals surface area (Å²) in [5.41, 5.74) is 2.72. The number of rotatable bonds is 3. The van der Waals surface area contributed by atoms with Crippen molar-refractivity contribution in [2.45, 2.75) is 38.0 Å². The van der Waals surface area contributed by atoms with Crippen molar-refractivity contribution >= 4 is 33.4 Å². The first kappa shape index (κ1) is 21.7. The van der Waals surface area contributed by atoms with Gasteiger partial charge in [0.1, 0.15) is 11.3 Å². The molecule has 2 saturated heterocycles. The molecule has 0 bridgehead atoms. The molecule has 2 N–H and O–H groups in total. The predicted molar refractivity (Wildman–Crippen MR) is 133 cm³/mol. The second-order valence-electron chi connectivity index (χ2n) is 9.47. The zero-order chi connectivity index (χ0) is 23.1. The van der Waals surface area contributed by atoms with E-state index < -0.39 is 0 Å². The van der Waals surface area contributed by atoms with Gasteiger partial charge in [-0.15, -0.1) is 11.3 Å². The molecule has 176 valence electrons. The fraction of sp³-hybridized carbons (Fsp3) is 0.423. The largest absolute Gasteiger partial charge is 0.336 e. The first-order chi connectivity index (χ1) is 16.7. The summed E-state index contributed by atoms with van der Waals surface area (Å²) in [6, 6.07) is 16.2. The highest BCUT2D eigenvalue weighted by Crippen LogP contribution is 2.31. The number of piperazine rings is 1. The number of carbonyl (C=O) groups is 2. The second-order valence-corrected chi connectivity index (χ2v) is 10.5. The molecule has 2 aliphatic heterocycles. The monoisotopic (exact) mass is 475 g/mol. The average molecular weight is 476 g/mol. The van der Waals surface area contributed by atoms with Crippen molar-refractivity contribution in [1.82, 2.24) is 25.4 Å². The number of hydrogen-bond donors (Lipinski definition) is 2. The van der Waals surface area contributed by atoms with E-state index in [1.54, 1.807) is 11.3 Å². The van der Waals surface area contributed by atoms with Gasteiger partial charge in [0.25, 0.3) is 5.91 Å². The molecule has 8 heteroatoms. The summed E-state index contributed by atoms with van der Waals surface area (Å²) in [5.74, 6) is 0.348. The third-order valence-corrected chi connectivity index (χ3v) is 8.44. The van der Waals surface area contributed by atoms with Gasteiger partial charge in [0, 0.05) is 43.3 Å². The van der Waals surface area contributed by atoms with Crippen LogP contribution in [-0.2, 0) is 4.79 Å². The molecule has 3 unspecified atom stereocenters. The summed E-state index contributed by atoms with van der Waals surface area (Å²) < 4.78 is 1.03. The van der Waals surface area contributed by atoms with Crippen LogP contribution < -0.4 is 10.6 Å². The Morgan fingerprint density at radius 2 is 1.79 bits per heavy atom. The summed E-state index contributed by atoms with van der Waals surface area (Å²) in [6.07, 6.45) is 4.25. The molecule has 0 spiro atoms. The van der Waals surface area contributed by atoms with Crippen molar-refractivity contribution in [1.29, 1.82) is 0 Å². The van der Waals surface area contributed by atoms with E-state index in [2.05, 4.69) is 27.7 Å². The number of nitrogens with zero attached hydrogens (tertiary/aromatic N) is 3. The Kier molecular flexibility index (Phi) is 5.80. The van der Waals surface area contributed by atoms with Gasteiger partial charge >= 0.3 is 0 Å². The van der Waals surface area contributed by atoms with Crippen LogP contribution >= 0.6 is 11.3 Å². The van der Waals surface area contributed by atoms with Gasteiger partial charge in [-0.1, -0.05) is 43.2 Å². The number of benzene rings is 2. The number of aromatic nitrogens is 1. The molecule has 3 atom stereocenters. The predicted octanol–water partition coefficient (Wildman–Crippen LogP) is 3.28. The van der Waals surface area contributed by atoms with Crippen molar-refractivity contribution < 1.29 is 9.59 Å². The Balaban J connectivity index is 1.11. The lowest BCUT2D eigenvalue weighted by Crippen LogP contribution is -2.69. The topological polar surface area (TPSA) is 77.6 Å². The maximum Gasteiger partial charge on any atom is 0.253 e. The molecule has 6 rings (SSSR count). The van der Waals surface area contributed by atoms with Crippen LogP contribution in [0.15, 0.2) is 48.5 Å². The van der Waals surface area contributed by atoms with Crippen molar-refractivity contribution in [3.8, 4) is 10.6 Å². The van der Waals surface area contributed by atoms with Crippen LogP contribution in [0.4, 0.5) is 0 Å². The first-order valence-electron chi connectivity index (χ1n) is 12.2. The van der Waals surface area contributed by atoms with Crippen molar-refractivity contribution in [2.75, 3.05) is 26.2 Å². The van der Waals surface area contributed by atoms with Crippen molar-refractivity contribution in [3.63, 3.8) is 0 Å². The minimum absolute atomic E-state index is 0.0594. The SMILES string of the molecule is O=C1NC(N2CCN(C(=O)c3ccc4nc(-c5ccccc5)sc4c3)CC2)NC2CCCCC12. The molecule has 1 saturated carbocycles. The molecule has 3 aliphatic rings. The maximum atomic E-state index is 13.2. The van der Waals surface area contributed by atoms with Crippen LogP contribution in [0.2, 0.25) is 0 Å². The van der Waals surface area contributed by atoms with Crippen molar-refractivity contribution in [3.05, 3.63) is 54.1 Å².